The van der Waals surface area contributed by atoms with Gasteiger partial charge in [-0.3, -0.25) is 14.3 Å². The van der Waals surface area contributed by atoms with E-state index in [9.17, 15) is 4.79 Å². The average molecular weight is 316 g/mol. The normalized spacial score (nSPS) is 16.8. The van der Waals surface area contributed by atoms with Crippen LogP contribution in [0, 0.1) is 26.7 Å². The van der Waals surface area contributed by atoms with Crippen molar-refractivity contribution in [2.24, 2.45) is 5.92 Å². The SMILES string of the molecule is Cc1noc(C)c1CN1CCC(Cn2cncc(C)c2=O)CC1. The number of hydrogen-bond acceptors (Lipinski definition) is 5. The van der Waals surface area contributed by atoms with Gasteiger partial charge in [0.15, 0.2) is 0 Å². The smallest absolute Gasteiger partial charge is 0.256 e. The molecule has 124 valence electrons. The molecular formula is C17H24N4O2. The van der Waals surface area contributed by atoms with Gasteiger partial charge in [0, 0.05) is 30.4 Å². The minimum atomic E-state index is 0.0816. The molecule has 0 aromatic carbocycles. The summed E-state index contributed by atoms with van der Waals surface area (Å²) in [4.78, 5) is 18.7. The first-order valence-corrected chi connectivity index (χ1v) is 8.19. The first-order chi connectivity index (χ1) is 11.0. The van der Waals surface area contributed by atoms with E-state index in [4.69, 9.17) is 4.52 Å². The second kappa shape index (κ2) is 6.66. The van der Waals surface area contributed by atoms with E-state index in [1.807, 2.05) is 20.8 Å². The molecule has 0 bridgehead atoms. The van der Waals surface area contributed by atoms with E-state index in [1.54, 1.807) is 17.1 Å². The zero-order valence-corrected chi connectivity index (χ0v) is 14.1. The zero-order valence-electron chi connectivity index (χ0n) is 14.1. The van der Waals surface area contributed by atoms with Crippen LogP contribution < -0.4 is 5.56 Å². The third kappa shape index (κ3) is 3.52. The Morgan fingerprint density at radius 3 is 2.65 bits per heavy atom. The number of piperidine rings is 1. The Hall–Kier alpha value is -1.95. The van der Waals surface area contributed by atoms with Gasteiger partial charge >= 0.3 is 0 Å². The van der Waals surface area contributed by atoms with Crippen molar-refractivity contribution in [3.63, 3.8) is 0 Å². The molecule has 2 aromatic rings. The van der Waals surface area contributed by atoms with Crippen LogP contribution in [0.15, 0.2) is 21.8 Å². The number of rotatable bonds is 4. The first-order valence-electron chi connectivity index (χ1n) is 8.19. The maximum atomic E-state index is 12.1. The molecule has 2 aromatic heterocycles. The lowest BCUT2D eigenvalue weighted by Crippen LogP contribution is -2.36. The van der Waals surface area contributed by atoms with Gasteiger partial charge in [0.25, 0.3) is 5.56 Å². The summed E-state index contributed by atoms with van der Waals surface area (Å²) >= 11 is 0. The summed E-state index contributed by atoms with van der Waals surface area (Å²) in [5, 5.41) is 4.02. The molecule has 3 heterocycles. The standard InChI is InChI=1S/C17H24N4O2/c1-12-8-18-11-21(17(12)22)9-15-4-6-20(7-5-15)10-16-13(2)19-23-14(16)3/h8,11,15H,4-7,9-10H2,1-3H3. The highest BCUT2D eigenvalue weighted by atomic mass is 16.5. The Morgan fingerprint density at radius 2 is 2.00 bits per heavy atom. The van der Waals surface area contributed by atoms with Crippen molar-refractivity contribution in [3.8, 4) is 0 Å². The maximum absolute atomic E-state index is 12.1. The predicted octanol–water partition coefficient (Wildman–Crippen LogP) is 2.07. The van der Waals surface area contributed by atoms with Crippen LogP contribution in [0.25, 0.3) is 0 Å². The highest BCUT2D eigenvalue weighted by Crippen LogP contribution is 2.22. The monoisotopic (exact) mass is 316 g/mol. The molecule has 1 aliphatic rings. The van der Waals surface area contributed by atoms with Gasteiger partial charge in [-0.2, -0.15) is 0 Å². The van der Waals surface area contributed by atoms with E-state index in [-0.39, 0.29) is 5.56 Å². The highest BCUT2D eigenvalue weighted by Gasteiger charge is 2.22. The molecule has 1 fully saturated rings. The average Bonchev–Trinajstić information content (AvgIpc) is 2.85. The summed E-state index contributed by atoms with van der Waals surface area (Å²) in [6.07, 6.45) is 5.49. The zero-order chi connectivity index (χ0) is 16.4. The summed E-state index contributed by atoms with van der Waals surface area (Å²) in [7, 11) is 0. The Bertz CT molecular complexity index is 707. The molecular weight excluding hydrogens is 292 g/mol. The Balaban J connectivity index is 1.56. The molecule has 1 aliphatic heterocycles. The first kappa shape index (κ1) is 15.9. The van der Waals surface area contributed by atoms with E-state index in [0.717, 1.165) is 50.5 Å². The molecule has 0 N–H and O–H groups in total. The van der Waals surface area contributed by atoms with E-state index >= 15 is 0 Å². The lowest BCUT2D eigenvalue weighted by molar-refractivity contribution is 0.165. The summed E-state index contributed by atoms with van der Waals surface area (Å²) in [6, 6.07) is 0. The summed E-state index contributed by atoms with van der Waals surface area (Å²) in [6.45, 7) is 9.55. The van der Waals surface area contributed by atoms with E-state index in [0.29, 0.717) is 11.5 Å². The largest absolute Gasteiger partial charge is 0.361 e. The molecule has 1 saturated heterocycles. The molecule has 0 atom stereocenters. The van der Waals surface area contributed by atoms with Crippen LogP contribution in [-0.2, 0) is 13.1 Å². The maximum Gasteiger partial charge on any atom is 0.256 e. The molecule has 0 spiro atoms. The summed E-state index contributed by atoms with van der Waals surface area (Å²) < 4.78 is 6.99. The Labute approximate surface area is 136 Å². The topological polar surface area (TPSA) is 64.2 Å². The van der Waals surface area contributed by atoms with Crippen LogP contribution in [0.3, 0.4) is 0 Å². The fraction of sp³-hybridized carbons (Fsp3) is 0.588. The molecule has 23 heavy (non-hydrogen) atoms. The van der Waals surface area contributed by atoms with E-state index in [2.05, 4.69) is 15.0 Å². The van der Waals surface area contributed by atoms with Crippen LogP contribution in [-0.4, -0.2) is 32.7 Å². The lowest BCUT2D eigenvalue weighted by atomic mass is 9.96. The number of nitrogens with zero attached hydrogens (tertiary/aromatic N) is 4. The van der Waals surface area contributed by atoms with Crippen LogP contribution in [0.4, 0.5) is 0 Å². The fourth-order valence-electron chi connectivity index (χ4n) is 3.25. The van der Waals surface area contributed by atoms with Crippen LogP contribution >= 0.6 is 0 Å². The molecule has 0 aliphatic carbocycles. The van der Waals surface area contributed by atoms with Gasteiger partial charge in [-0.25, -0.2) is 4.98 Å². The molecule has 6 nitrogen and oxygen atoms in total. The van der Waals surface area contributed by atoms with Gasteiger partial charge in [0.05, 0.1) is 12.0 Å². The Kier molecular flexibility index (Phi) is 4.61. The van der Waals surface area contributed by atoms with Crippen molar-refractivity contribution < 1.29 is 4.52 Å². The minimum Gasteiger partial charge on any atom is -0.361 e. The fourth-order valence-corrected chi connectivity index (χ4v) is 3.25. The van der Waals surface area contributed by atoms with E-state index < -0.39 is 0 Å². The second-order valence-electron chi connectivity index (χ2n) is 6.56. The van der Waals surface area contributed by atoms with Gasteiger partial charge < -0.3 is 4.52 Å². The third-order valence-electron chi connectivity index (χ3n) is 4.80. The van der Waals surface area contributed by atoms with Crippen molar-refractivity contribution in [3.05, 3.63) is 45.5 Å². The molecule has 3 rings (SSSR count). The van der Waals surface area contributed by atoms with Crippen LogP contribution in [0.2, 0.25) is 0 Å². The van der Waals surface area contributed by atoms with Gasteiger partial charge in [0.2, 0.25) is 0 Å². The summed E-state index contributed by atoms with van der Waals surface area (Å²) in [5.74, 6) is 1.46. The summed E-state index contributed by atoms with van der Waals surface area (Å²) in [5.41, 5.74) is 2.99. The lowest BCUT2D eigenvalue weighted by Gasteiger charge is -2.32. The predicted molar refractivity (Wildman–Crippen MR) is 87.2 cm³/mol. The Morgan fingerprint density at radius 1 is 1.26 bits per heavy atom. The number of aryl methyl sites for hydroxylation is 3. The van der Waals surface area contributed by atoms with Crippen molar-refractivity contribution in [1.29, 1.82) is 0 Å². The van der Waals surface area contributed by atoms with Crippen LogP contribution in [0.1, 0.15) is 35.4 Å². The van der Waals surface area contributed by atoms with Gasteiger partial charge in [-0.15, -0.1) is 0 Å². The number of likely N-dealkylation sites (tertiary alicyclic amines) is 1. The van der Waals surface area contributed by atoms with Crippen molar-refractivity contribution in [1.82, 2.24) is 19.6 Å². The number of hydrogen-bond donors (Lipinski definition) is 0. The van der Waals surface area contributed by atoms with Crippen molar-refractivity contribution in [2.45, 2.75) is 46.7 Å². The third-order valence-corrected chi connectivity index (χ3v) is 4.80. The molecule has 6 heteroatoms. The van der Waals surface area contributed by atoms with Gasteiger partial charge in [0.1, 0.15) is 5.76 Å². The quantitative estimate of drug-likeness (QED) is 0.864. The van der Waals surface area contributed by atoms with Gasteiger partial charge in [-0.1, -0.05) is 5.16 Å². The highest BCUT2D eigenvalue weighted by molar-refractivity contribution is 5.20. The van der Waals surface area contributed by atoms with Gasteiger partial charge in [-0.05, 0) is 52.6 Å². The second-order valence-corrected chi connectivity index (χ2v) is 6.56. The van der Waals surface area contributed by atoms with E-state index in [1.165, 1.54) is 5.56 Å². The molecule has 0 radical (unpaired) electrons. The molecule has 0 saturated carbocycles. The van der Waals surface area contributed by atoms with Crippen LogP contribution in [0.5, 0.6) is 0 Å². The number of aromatic nitrogens is 3. The molecule has 0 unspecified atom stereocenters. The minimum absolute atomic E-state index is 0.0816. The van der Waals surface area contributed by atoms with Crippen molar-refractivity contribution >= 4 is 0 Å². The molecule has 0 amide bonds. The van der Waals surface area contributed by atoms with Crippen molar-refractivity contribution in [2.75, 3.05) is 13.1 Å².